The number of hydrogen-bond acceptors (Lipinski definition) is 5. The van der Waals surface area contributed by atoms with E-state index in [9.17, 15) is 18.0 Å². The summed E-state index contributed by atoms with van der Waals surface area (Å²) >= 11 is 0. The average molecular weight is 467 g/mol. The van der Waals surface area contributed by atoms with Gasteiger partial charge in [0.2, 0.25) is 11.8 Å². The van der Waals surface area contributed by atoms with E-state index < -0.39 is 10.0 Å². The lowest BCUT2D eigenvalue weighted by Gasteiger charge is -2.14. The lowest BCUT2D eigenvalue weighted by molar-refractivity contribution is -0.116. The van der Waals surface area contributed by atoms with Gasteiger partial charge < -0.3 is 5.32 Å². The number of benzene rings is 2. The molecule has 1 aliphatic heterocycles. The summed E-state index contributed by atoms with van der Waals surface area (Å²) in [6, 6.07) is 10.5. The monoisotopic (exact) mass is 466 g/mol. The normalized spacial score (nSPS) is 13.9. The van der Waals surface area contributed by atoms with Crippen molar-refractivity contribution in [3.63, 3.8) is 0 Å². The van der Waals surface area contributed by atoms with Crippen molar-refractivity contribution in [3.05, 3.63) is 58.8 Å². The number of sulfonamides is 1. The van der Waals surface area contributed by atoms with Gasteiger partial charge in [-0.3, -0.25) is 14.3 Å². The Bertz CT molecular complexity index is 1390. The van der Waals surface area contributed by atoms with Gasteiger partial charge in [-0.05, 0) is 67.6 Å². The van der Waals surface area contributed by atoms with Crippen LogP contribution in [0.15, 0.2) is 41.3 Å². The molecule has 8 nitrogen and oxygen atoms in total. The summed E-state index contributed by atoms with van der Waals surface area (Å²) < 4.78 is 30.5. The Hall–Kier alpha value is -3.46. The Morgan fingerprint density at radius 2 is 1.73 bits per heavy atom. The van der Waals surface area contributed by atoms with Gasteiger partial charge in [0.15, 0.2) is 0 Å². The molecule has 0 bridgehead atoms. The average Bonchev–Trinajstić information content (AvgIpc) is 3.06. The second-order valence-corrected chi connectivity index (χ2v) is 9.91. The van der Waals surface area contributed by atoms with E-state index in [1.54, 1.807) is 37.3 Å². The van der Waals surface area contributed by atoms with Crippen molar-refractivity contribution in [1.82, 2.24) is 9.78 Å². The molecule has 172 valence electrons. The van der Waals surface area contributed by atoms with Crippen LogP contribution >= 0.6 is 0 Å². The number of amides is 1. The minimum atomic E-state index is -3.89. The molecular formula is C24H26N4O4S. The van der Waals surface area contributed by atoms with Crippen LogP contribution < -0.4 is 10.0 Å². The van der Waals surface area contributed by atoms with E-state index >= 15 is 0 Å². The maximum Gasteiger partial charge on any atom is 0.262 e. The number of anilines is 2. The quantitative estimate of drug-likeness (QED) is 0.585. The fourth-order valence-corrected chi connectivity index (χ4v) is 5.21. The van der Waals surface area contributed by atoms with Gasteiger partial charge in [-0.2, -0.15) is 9.78 Å². The molecule has 1 amide bonds. The van der Waals surface area contributed by atoms with Crippen LogP contribution in [0.2, 0.25) is 0 Å². The van der Waals surface area contributed by atoms with Crippen LogP contribution in [-0.2, 0) is 21.2 Å². The molecule has 2 aromatic carbocycles. The molecule has 0 saturated carbocycles. The van der Waals surface area contributed by atoms with Crippen LogP contribution in [0.25, 0.3) is 11.1 Å². The van der Waals surface area contributed by atoms with Crippen LogP contribution in [-0.4, -0.2) is 30.0 Å². The summed E-state index contributed by atoms with van der Waals surface area (Å²) in [5.74, 6) is -0.267. The minimum Gasteiger partial charge on any atom is -0.310 e. The lowest BCUT2D eigenvalue weighted by atomic mass is 10.0. The highest BCUT2D eigenvalue weighted by atomic mass is 32.2. The van der Waals surface area contributed by atoms with Crippen molar-refractivity contribution in [1.29, 1.82) is 0 Å². The smallest absolute Gasteiger partial charge is 0.262 e. The van der Waals surface area contributed by atoms with Gasteiger partial charge >= 0.3 is 0 Å². The van der Waals surface area contributed by atoms with Crippen molar-refractivity contribution >= 4 is 33.3 Å². The van der Waals surface area contributed by atoms with Gasteiger partial charge in [-0.1, -0.05) is 25.1 Å². The first-order chi connectivity index (χ1) is 15.6. The molecular weight excluding hydrogens is 440 g/mol. The molecule has 4 rings (SSSR count). The first kappa shape index (κ1) is 22.7. The molecule has 1 aromatic heterocycles. The molecule has 0 spiro atoms. The summed E-state index contributed by atoms with van der Waals surface area (Å²) in [5, 5.41) is 7.18. The van der Waals surface area contributed by atoms with E-state index in [0.717, 1.165) is 11.1 Å². The standard InChI is InChI=1S/C24H26N4O4S/c1-5-19-23(24-25-21(29)10-11-22(30)28(24)26-19)17-8-6-15(3)20(13-17)33(31,32)27-18-9-7-14(2)16(4)12-18/h6-9,12-13,27H,5,10-11H2,1-4H3,(H,25,29). The molecule has 1 aliphatic rings. The van der Waals surface area contributed by atoms with Crippen molar-refractivity contribution in [2.24, 2.45) is 0 Å². The second kappa shape index (κ2) is 8.47. The third kappa shape index (κ3) is 4.28. The van der Waals surface area contributed by atoms with Gasteiger partial charge in [0.05, 0.1) is 10.6 Å². The number of aromatic nitrogens is 2. The number of nitrogens with zero attached hydrogens (tertiary/aromatic N) is 2. The highest BCUT2D eigenvalue weighted by molar-refractivity contribution is 7.92. The van der Waals surface area contributed by atoms with Crippen LogP contribution in [0.3, 0.4) is 0 Å². The maximum absolute atomic E-state index is 13.3. The second-order valence-electron chi connectivity index (χ2n) is 8.26. The number of nitrogens with one attached hydrogen (secondary N) is 2. The number of carbonyl (C=O) groups excluding carboxylic acids is 2. The fourth-order valence-electron chi connectivity index (χ4n) is 3.89. The first-order valence-electron chi connectivity index (χ1n) is 10.8. The van der Waals surface area contributed by atoms with Gasteiger partial charge in [0.25, 0.3) is 10.0 Å². The van der Waals surface area contributed by atoms with Gasteiger partial charge in [-0.15, -0.1) is 0 Å². The van der Waals surface area contributed by atoms with E-state index in [2.05, 4.69) is 15.1 Å². The van der Waals surface area contributed by atoms with Crippen LogP contribution in [0, 0.1) is 20.8 Å². The van der Waals surface area contributed by atoms with Crippen LogP contribution in [0.1, 0.15) is 46.9 Å². The summed E-state index contributed by atoms with van der Waals surface area (Å²) in [7, 11) is -3.89. The number of fused-ring (bicyclic) bond motifs is 1. The highest BCUT2D eigenvalue weighted by Crippen LogP contribution is 2.36. The van der Waals surface area contributed by atoms with Crippen molar-refractivity contribution < 1.29 is 18.0 Å². The predicted molar refractivity (Wildman–Crippen MR) is 127 cm³/mol. The van der Waals surface area contributed by atoms with Gasteiger partial charge in [-0.25, -0.2) is 8.42 Å². The largest absolute Gasteiger partial charge is 0.310 e. The molecule has 9 heteroatoms. The molecule has 2 heterocycles. The van der Waals surface area contributed by atoms with Crippen molar-refractivity contribution in [2.45, 2.75) is 51.9 Å². The van der Waals surface area contributed by atoms with E-state index in [4.69, 9.17) is 0 Å². The topological polar surface area (TPSA) is 110 Å². The Morgan fingerprint density at radius 3 is 2.42 bits per heavy atom. The summed E-state index contributed by atoms with van der Waals surface area (Å²) in [6.07, 6.45) is 0.655. The van der Waals surface area contributed by atoms with E-state index in [0.29, 0.717) is 34.5 Å². The molecule has 0 radical (unpaired) electrons. The maximum atomic E-state index is 13.3. The zero-order chi connectivity index (χ0) is 23.9. The Labute approximate surface area is 193 Å². The zero-order valence-electron chi connectivity index (χ0n) is 19.0. The molecule has 0 aliphatic carbocycles. The van der Waals surface area contributed by atoms with Crippen molar-refractivity contribution in [2.75, 3.05) is 10.0 Å². The van der Waals surface area contributed by atoms with Crippen molar-refractivity contribution in [3.8, 4) is 11.1 Å². The SMILES string of the molecule is CCc1nn2c(c1-c1ccc(C)c(S(=O)(=O)Nc3ccc(C)c(C)c3)c1)NC(=O)CCC2=O. The lowest BCUT2D eigenvalue weighted by Crippen LogP contribution is -2.15. The zero-order valence-corrected chi connectivity index (χ0v) is 19.8. The molecule has 0 atom stereocenters. The van der Waals surface area contributed by atoms with Crippen LogP contribution in [0.5, 0.6) is 0 Å². The number of rotatable bonds is 5. The third-order valence-electron chi connectivity index (χ3n) is 5.88. The molecule has 2 N–H and O–H groups in total. The van der Waals surface area contributed by atoms with Gasteiger partial charge in [0.1, 0.15) is 5.82 Å². The number of hydrogen-bond donors (Lipinski definition) is 2. The van der Waals surface area contributed by atoms with Crippen LogP contribution in [0.4, 0.5) is 11.5 Å². The fraction of sp³-hybridized carbons (Fsp3) is 0.292. The Balaban J connectivity index is 1.82. The van der Waals surface area contributed by atoms with E-state index in [1.165, 1.54) is 4.68 Å². The molecule has 0 saturated heterocycles. The summed E-state index contributed by atoms with van der Waals surface area (Å²) in [6.45, 7) is 7.51. The molecule has 0 fully saturated rings. The first-order valence-corrected chi connectivity index (χ1v) is 12.2. The predicted octanol–water partition coefficient (Wildman–Crippen LogP) is 4.21. The molecule has 33 heavy (non-hydrogen) atoms. The third-order valence-corrected chi connectivity index (χ3v) is 7.40. The highest BCUT2D eigenvalue weighted by Gasteiger charge is 2.28. The number of carbonyl (C=O) groups is 2. The van der Waals surface area contributed by atoms with E-state index in [1.807, 2.05) is 26.8 Å². The molecule has 3 aromatic rings. The Morgan fingerprint density at radius 1 is 1.00 bits per heavy atom. The van der Waals surface area contributed by atoms with E-state index in [-0.39, 0.29) is 35.4 Å². The number of aryl methyl sites for hydroxylation is 4. The molecule has 0 unspecified atom stereocenters. The van der Waals surface area contributed by atoms with Gasteiger partial charge in [0, 0.05) is 24.1 Å². The summed E-state index contributed by atoms with van der Waals surface area (Å²) in [5.41, 5.74) is 4.84. The summed E-state index contributed by atoms with van der Waals surface area (Å²) in [4.78, 5) is 24.8. The minimum absolute atomic E-state index is 0.0660. The Kier molecular flexibility index (Phi) is 5.84.